The summed E-state index contributed by atoms with van der Waals surface area (Å²) in [5, 5.41) is 1.77. The van der Waals surface area contributed by atoms with Crippen molar-refractivity contribution in [3.63, 3.8) is 0 Å². The molecular weight excluding hydrogens is 516 g/mol. The molecule has 2 amide bonds. The van der Waals surface area contributed by atoms with Gasteiger partial charge in [0, 0.05) is 50.9 Å². The molecule has 0 unspecified atom stereocenters. The lowest BCUT2D eigenvalue weighted by molar-refractivity contribution is -0.173. The number of rotatable bonds is 7. The highest BCUT2D eigenvalue weighted by Crippen LogP contribution is 2.33. The number of nitrogens with one attached hydrogen (secondary N) is 1. The Morgan fingerprint density at radius 3 is 2.42 bits per heavy atom. The minimum absolute atomic E-state index is 0.00859. The molecular formula is C26H25F6N3O3. The molecule has 1 saturated heterocycles. The molecule has 0 atom stereocenters. The van der Waals surface area contributed by atoms with Gasteiger partial charge in [-0.2, -0.15) is 13.2 Å². The Hall–Kier alpha value is -3.54. The van der Waals surface area contributed by atoms with Crippen molar-refractivity contribution in [2.75, 3.05) is 26.8 Å². The van der Waals surface area contributed by atoms with Gasteiger partial charge >= 0.3 is 12.1 Å². The van der Waals surface area contributed by atoms with E-state index in [1.807, 2.05) is 0 Å². The van der Waals surface area contributed by atoms with E-state index in [4.69, 9.17) is 4.74 Å². The van der Waals surface area contributed by atoms with Crippen LogP contribution < -0.4 is 5.32 Å². The van der Waals surface area contributed by atoms with Crippen molar-refractivity contribution >= 4 is 22.7 Å². The molecule has 6 nitrogen and oxygen atoms in total. The fourth-order valence-electron chi connectivity index (χ4n) is 4.74. The van der Waals surface area contributed by atoms with Gasteiger partial charge in [-0.25, -0.2) is 13.2 Å². The van der Waals surface area contributed by atoms with E-state index in [0.717, 1.165) is 18.2 Å². The monoisotopic (exact) mass is 541 g/mol. The van der Waals surface area contributed by atoms with Crippen LogP contribution in [0.2, 0.25) is 0 Å². The zero-order chi connectivity index (χ0) is 27.6. The number of likely N-dealkylation sites (tertiary alicyclic amines) is 1. The lowest BCUT2D eigenvalue weighted by Crippen LogP contribution is -2.38. The zero-order valence-corrected chi connectivity index (χ0v) is 20.4. The van der Waals surface area contributed by atoms with Gasteiger partial charge in [-0.05, 0) is 42.0 Å². The van der Waals surface area contributed by atoms with Crippen LogP contribution in [0.1, 0.15) is 40.2 Å². The van der Waals surface area contributed by atoms with Gasteiger partial charge < -0.3 is 19.5 Å². The first-order valence-electron chi connectivity index (χ1n) is 11.9. The second kappa shape index (κ2) is 11.1. The van der Waals surface area contributed by atoms with Crippen LogP contribution in [0.15, 0.2) is 36.5 Å². The zero-order valence-electron chi connectivity index (χ0n) is 20.4. The molecule has 38 heavy (non-hydrogen) atoms. The minimum atomic E-state index is -5.02. The second-order valence-electron chi connectivity index (χ2n) is 9.11. The second-order valence-corrected chi connectivity index (χ2v) is 9.11. The van der Waals surface area contributed by atoms with E-state index in [1.54, 1.807) is 9.88 Å². The molecule has 0 bridgehead atoms. The summed E-state index contributed by atoms with van der Waals surface area (Å²) in [4.78, 5) is 25.9. The molecule has 0 aliphatic carbocycles. The Labute approximate surface area is 214 Å². The van der Waals surface area contributed by atoms with Crippen LogP contribution in [-0.4, -0.2) is 54.3 Å². The molecule has 1 aliphatic rings. The number of methoxy groups -OCH3 is 1. The van der Waals surface area contributed by atoms with E-state index in [9.17, 15) is 35.9 Å². The Balaban J connectivity index is 1.48. The van der Waals surface area contributed by atoms with Gasteiger partial charge in [0.15, 0.2) is 0 Å². The highest BCUT2D eigenvalue weighted by atomic mass is 19.4. The summed E-state index contributed by atoms with van der Waals surface area (Å²) in [5.41, 5.74) is 0.910. The third-order valence-electron chi connectivity index (χ3n) is 6.66. The van der Waals surface area contributed by atoms with Crippen LogP contribution in [0, 0.1) is 17.5 Å². The van der Waals surface area contributed by atoms with E-state index >= 15 is 0 Å². The molecule has 12 heteroatoms. The predicted octanol–water partition coefficient (Wildman–Crippen LogP) is 4.90. The van der Waals surface area contributed by atoms with Gasteiger partial charge in [0.1, 0.15) is 17.5 Å². The van der Waals surface area contributed by atoms with Crippen molar-refractivity contribution in [3.8, 4) is 0 Å². The number of hydrogen-bond donors (Lipinski definition) is 1. The van der Waals surface area contributed by atoms with Crippen molar-refractivity contribution in [3.05, 3.63) is 70.7 Å². The number of alkyl halides is 3. The quantitative estimate of drug-likeness (QED) is 0.433. The summed E-state index contributed by atoms with van der Waals surface area (Å²) in [7, 11) is 1.49. The van der Waals surface area contributed by atoms with Gasteiger partial charge in [-0.15, -0.1) is 0 Å². The van der Waals surface area contributed by atoms with Crippen LogP contribution in [0.4, 0.5) is 26.3 Å². The summed E-state index contributed by atoms with van der Waals surface area (Å²) in [6.07, 6.45) is -2.82. The number of nitrogens with zero attached hydrogens (tertiary/aromatic N) is 2. The molecule has 1 aliphatic heterocycles. The van der Waals surface area contributed by atoms with E-state index in [-0.39, 0.29) is 54.2 Å². The first kappa shape index (κ1) is 27.5. The Morgan fingerprint density at radius 1 is 1.05 bits per heavy atom. The van der Waals surface area contributed by atoms with Crippen LogP contribution in [-0.2, 0) is 22.6 Å². The van der Waals surface area contributed by atoms with Crippen LogP contribution in [0.3, 0.4) is 0 Å². The average molecular weight is 541 g/mol. The first-order valence-corrected chi connectivity index (χ1v) is 11.9. The summed E-state index contributed by atoms with van der Waals surface area (Å²) >= 11 is 0. The topological polar surface area (TPSA) is 63.6 Å². The smallest absolute Gasteiger partial charge is 0.383 e. The first-order chi connectivity index (χ1) is 18.0. The number of aromatic nitrogens is 1. The molecule has 2 heterocycles. The molecule has 4 rings (SSSR count). The lowest BCUT2D eigenvalue weighted by Gasteiger charge is -2.32. The van der Waals surface area contributed by atoms with E-state index in [1.165, 1.54) is 30.3 Å². The lowest BCUT2D eigenvalue weighted by atomic mass is 9.88. The number of fused-ring (bicyclic) bond motifs is 1. The number of hydrogen-bond acceptors (Lipinski definition) is 3. The maximum atomic E-state index is 14.7. The SMILES string of the molecule is COCCn1cc(C(=O)N2CCC(c3cc(CNC(=O)C(F)(F)F)ccc3F)CC2)c2c(F)cc(F)cc21. The number of carbonyl (C=O) groups excluding carboxylic acids is 2. The molecule has 204 valence electrons. The average Bonchev–Trinajstić information content (AvgIpc) is 3.24. The molecule has 0 radical (unpaired) electrons. The molecule has 1 fully saturated rings. The standard InChI is InChI=1S/C26H25F6N3O3/c1-38-9-8-35-14-19(23-21(29)11-17(27)12-22(23)35)24(36)34-6-4-16(5-7-34)18-10-15(2-3-20(18)28)13-33-25(37)26(30,31)32/h2-3,10-12,14,16H,4-9,13H2,1H3,(H,33,37). The number of piperidine rings is 1. The van der Waals surface area contributed by atoms with Crippen molar-refractivity contribution in [2.24, 2.45) is 0 Å². The number of halogens is 6. The fourth-order valence-corrected chi connectivity index (χ4v) is 4.74. The molecule has 3 aromatic rings. The van der Waals surface area contributed by atoms with E-state index in [0.29, 0.717) is 18.4 Å². The van der Waals surface area contributed by atoms with Crippen molar-refractivity contribution < 1.29 is 40.7 Å². The van der Waals surface area contributed by atoms with Crippen LogP contribution in [0.25, 0.3) is 10.9 Å². The van der Waals surface area contributed by atoms with Gasteiger partial charge in [-0.1, -0.05) is 12.1 Å². The van der Waals surface area contributed by atoms with Gasteiger partial charge in [0.2, 0.25) is 0 Å². The Bertz CT molecular complexity index is 1350. The Morgan fingerprint density at radius 2 is 1.76 bits per heavy atom. The fraction of sp³-hybridized carbons (Fsp3) is 0.385. The summed E-state index contributed by atoms with van der Waals surface area (Å²) < 4.78 is 87.1. The van der Waals surface area contributed by atoms with Crippen molar-refractivity contribution in [1.82, 2.24) is 14.8 Å². The van der Waals surface area contributed by atoms with Crippen LogP contribution in [0.5, 0.6) is 0 Å². The predicted molar refractivity (Wildman–Crippen MR) is 126 cm³/mol. The van der Waals surface area contributed by atoms with Gasteiger partial charge in [0.25, 0.3) is 5.91 Å². The maximum Gasteiger partial charge on any atom is 0.471 e. The highest BCUT2D eigenvalue weighted by molar-refractivity contribution is 6.07. The minimum Gasteiger partial charge on any atom is -0.383 e. The highest BCUT2D eigenvalue weighted by Gasteiger charge is 2.38. The number of ether oxygens (including phenoxy) is 1. The number of benzene rings is 2. The molecule has 0 spiro atoms. The van der Waals surface area contributed by atoms with Crippen molar-refractivity contribution in [2.45, 2.75) is 38.0 Å². The largest absolute Gasteiger partial charge is 0.471 e. The normalized spacial score (nSPS) is 14.8. The number of carbonyl (C=O) groups is 2. The third-order valence-corrected chi connectivity index (χ3v) is 6.66. The summed E-state index contributed by atoms with van der Waals surface area (Å²) in [6.45, 7) is 0.592. The molecule has 1 aromatic heterocycles. The summed E-state index contributed by atoms with van der Waals surface area (Å²) in [6, 6.07) is 5.73. The maximum absolute atomic E-state index is 14.7. The molecule has 2 aromatic carbocycles. The third kappa shape index (κ3) is 5.79. The Kier molecular flexibility index (Phi) is 8.00. The molecule has 0 saturated carbocycles. The van der Waals surface area contributed by atoms with Gasteiger partial charge in [0.05, 0.1) is 17.7 Å². The van der Waals surface area contributed by atoms with E-state index < -0.39 is 42.0 Å². The van der Waals surface area contributed by atoms with Crippen LogP contribution >= 0.6 is 0 Å². The molecule has 1 N–H and O–H groups in total. The van der Waals surface area contributed by atoms with Gasteiger partial charge in [-0.3, -0.25) is 9.59 Å². The number of amides is 2. The summed E-state index contributed by atoms with van der Waals surface area (Å²) in [5.74, 6) is -5.01. The van der Waals surface area contributed by atoms with Crippen molar-refractivity contribution in [1.29, 1.82) is 0 Å². The van der Waals surface area contributed by atoms with E-state index in [2.05, 4.69) is 0 Å².